The molecule has 0 aliphatic heterocycles. The molecule has 0 spiro atoms. The second kappa shape index (κ2) is 7.23. The summed E-state index contributed by atoms with van der Waals surface area (Å²) in [6, 6.07) is 11.0. The molecule has 2 aromatic carbocycles. The molecule has 0 aliphatic carbocycles. The summed E-state index contributed by atoms with van der Waals surface area (Å²) in [5.74, 6) is -0.464. The smallest absolute Gasteiger partial charge is 0.338 e. The van der Waals surface area contributed by atoms with Gasteiger partial charge in [-0.05, 0) is 48.5 Å². The largest absolute Gasteiger partial charge is 0.490 e. The molecule has 0 amide bonds. The van der Waals surface area contributed by atoms with Gasteiger partial charge in [-0.15, -0.1) is 0 Å². The lowest BCUT2D eigenvalue weighted by molar-refractivity contribution is 0.0450. The Balaban J connectivity index is 1.81. The van der Waals surface area contributed by atoms with Gasteiger partial charge in [0.2, 0.25) is 0 Å². The Bertz CT molecular complexity index is 767. The zero-order valence-electron chi connectivity index (χ0n) is 12.4. The average Bonchev–Trinajstić information content (AvgIpc) is 2.52. The van der Waals surface area contributed by atoms with Crippen LogP contribution in [0.3, 0.4) is 0 Å². The molecule has 2 aromatic rings. The van der Waals surface area contributed by atoms with E-state index in [0.29, 0.717) is 5.75 Å². The topological polar surface area (TPSA) is 69.7 Å². The minimum absolute atomic E-state index is 0.0179. The molecule has 2 rings (SSSR count). The molecule has 0 unspecified atom stereocenters. The molecule has 0 atom stereocenters. The zero-order valence-corrected chi connectivity index (χ0v) is 13.2. The van der Waals surface area contributed by atoms with Gasteiger partial charge in [0, 0.05) is 6.26 Å². The van der Waals surface area contributed by atoms with E-state index in [1.54, 1.807) is 0 Å². The number of carbonyl (C=O) groups excluding carboxylic acids is 1. The van der Waals surface area contributed by atoms with Crippen molar-refractivity contribution in [2.75, 3.05) is 19.5 Å². The third-order valence-electron chi connectivity index (χ3n) is 2.92. The minimum atomic E-state index is -3.30. The Kier molecular flexibility index (Phi) is 5.33. The maximum atomic E-state index is 12.7. The summed E-state index contributed by atoms with van der Waals surface area (Å²) in [5, 5.41) is 0. The van der Waals surface area contributed by atoms with Crippen LogP contribution in [0.15, 0.2) is 53.4 Å². The van der Waals surface area contributed by atoms with Crippen LogP contribution in [-0.2, 0) is 14.6 Å². The number of benzene rings is 2. The van der Waals surface area contributed by atoms with E-state index in [4.69, 9.17) is 9.47 Å². The molecule has 0 aliphatic rings. The van der Waals surface area contributed by atoms with E-state index in [-0.39, 0.29) is 29.5 Å². The van der Waals surface area contributed by atoms with Gasteiger partial charge < -0.3 is 9.47 Å². The first kappa shape index (κ1) is 17.0. The van der Waals surface area contributed by atoms with E-state index >= 15 is 0 Å². The molecular weight excluding hydrogens is 323 g/mol. The molecule has 0 heterocycles. The number of sulfone groups is 1. The molecule has 5 nitrogen and oxygen atoms in total. The van der Waals surface area contributed by atoms with Crippen LogP contribution in [0.5, 0.6) is 5.75 Å². The van der Waals surface area contributed by atoms with E-state index < -0.39 is 15.8 Å². The Morgan fingerprint density at radius 1 is 1.00 bits per heavy atom. The predicted octanol–water partition coefficient (Wildman–Crippen LogP) is 2.47. The second-order valence-electron chi connectivity index (χ2n) is 4.73. The summed E-state index contributed by atoms with van der Waals surface area (Å²) in [4.78, 5) is 11.9. The van der Waals surface area contributed by atoms with Gasteiger partial charge in [-0.1, -0.05) is 0 Å². The number of esters is 1. The third kappa shape index (κ3) is 5.07. The monoisotopic (exact) mass is 338 g/mol. The van der Waals surface area contributed by atoms with Crippen LogP contribution in [-0.4, -0.2) is 33.9 Å². The maximum absolute atomic E-state index is 12.7. The molecule has 7 heteroatoms. The van der Waals surface area contributed by atoms with Crippen molar-refractivity contribution in [3.8, 4) is 5.75 Å². The molecule has 0 fully saturated rings. The van der Waals surface area contributed by atoms with Crippen molar-refractivity contribution in [2.24, 2.45) is 0 Å². The number of carbonyl (C=O) groups is 1. The number of halogens is 1. The van der Waals surface area contributed by atoms with Gasteiger partial charge in [0.15, 0.2) is 9.84 Å². The number of hydrogen-bond acceptors (Lipinski definition) is 5. The van der Waals surface area contributed by atoms with Gasteiger partial charge >= 0.3 is 5.97 Å². The molecule has 0 radical (unpaired) electrons. The third-order valence-corrected chi connectivity index (χ3v) is 4.05. The first-order valence-electron chi connectivity index (χ1n) is 6.72. The van der Waals surface area contributed by atoms with Crippen molar-refractivity contribution in [3.05, 3.63) is 59.9 Å². The summed E-state index contributed by atoms with van der Waals surface area (Å²) in [6.07, 6.45) is 1.09. The van der Waals surface area contributed by atoms with Crippen LogP contribution in [0.4, 0.5) is 4.39 Å². The minimum Gasteiger partial charge on any atom is -0.490 e. The van der Waals surface area contributed by atoms with Crippen LogP contribution in [0, 0.1) is 5.82 Å². The lowest BCUT2D eigenvalue weighted by Gasteiger charge is -2.07. The molecule has 0 bridgehead atoms. The van der Waals surface area contributed by atoms with Crippen LogP contribution in [0.1, 0.15) is 10.4 Å². The first-order valence-corrected chi connectivity index (χ1v) is 8.61. The fraction of sp³-hybridized carbons (Fsp3) is 0.188. The molecule has 0 saturated heterocycles. The lowest BCUT2D eigenvalue weighted by atomic mass is 10.2. The highest BCUT2D eigenvalue weighted by Gasteiger charge is 2.10. The van der Waals surface area contributed by atoms with Crippen molar-refractivity contribution in [3.63, 3.8) is 0 Å². The van der Waals surface area contributed by atoms with E-state index in [0.717, 1.165) is 6.26 Å². The summed E-state index contributed by atoms with van der Waals surface area (Å²) >= 11 is 0. The molecule has 0 saturated carbocycles. The Morgan fingerprint density at radius 2 is 1.61 bits per heavy atom. The molecule has 0 N–H and O–H groups in total. The predicted molar refractivity (Wildman–Crippen MR) is 81.7 cm³/mol. The van der Waals surface area contributed by atoms with Gasteiger partial charge in [0.05, 0.1) is 10.5 Å². The number of ether oxygens (including phenoxy) is 2. The normalized spacial score (nSPS) is 11.0. The van der Waals surface area contributed by atoms with Crippen LogP contribution in [0.2, 0.25) is 0 Å². The fourth-order valence-electron chi connectivity index (χ4n) is 1.75. The summed E-state index contributed by atoms with van der Waals surface area (Å²) in [7, 11) is -3.30. The highest BCUT2D eigenvalue weighted by atomic mass is 32.2. The molecule has 23 heavy (non-hydrogen) atoms. The zero-order chi connectivity index (χ0) is 16.9. The Hall–Kier alpha value is -2.41. The van der Waals surface area contributed by atoms with E-state index in [1.807, 2.05) is 0 Å². The van der Waals surface area contributed by atoms with Crippen molar-refractivity contribution < 1.29 is 27.1 Å². The van der Waals surface area contributed by atoms with E-state index in [1.165, 1.54) is 48.5 Å². The van der Waals surface area contributed by atoms with E-state index in [9.17, 15) is 17.6 Å². The van der Waals surface area contributed by atoms with Gasteiger partial charge in [-0.25, -0.2) is 17.6 Å². The van der Waals surface area contributed by atoms with Gasteiger partial charge in [-0.3, -0.25) is 0 Å². The van der Waals surface area contributed by atoms with Crippen molar-refractivity contribution in [2.45, 2.75) is 4.90 Å². The van der Waals surface area contributed by atoms with Gasteiger partial charge in [0.1, 0.15) is 24.8 Å². The highest BCUT2D eigenvalue weighted by Crippen LogP contribution is 2.12. The summed E-state index contributed by atoms with van der Waals surface area (Å²) in [5.41, 5.74) is 0.249. The standard InChI is InChI=1S/C16H15FO5S/c1-23(19,20)15-8-2-12(3-9-15)16(18)22-11-10-21-14-6-4-13(17)5-7-14/h2-9H,10-11H2,1H3. The number of hydrogen-bond donors (Lipinski definition) is 0. The van der Waals surface area contributed by atoms with Crippen LogP contribution >= 0.6 is 0 Å². The number of rotatable bonds is 6. The van der Waals surface area contributed by atoms with Crippen molar-refractivity contribution in [1.29, 1.82) is 0 Å². The molecule has 122 valence electrons. The lowest BCUT2D eigenvalue weighted by Crippen LogP contribution is -2.12. The fourth-order valence-corrected chi connectivity index (χ4v) is 2.38. The van der Waals surface area contributed by atoms with E-state index in [2.05, 4.69) is 0 Å². The highest BCUT2D eigenvalue weighted by molar-refractivity contribution is 7.90. The maximum Gasteiger partial charge on any atom is 0.338 e. The Morgan fingerprint density at radius 3 is 2.17 bits per heavy atom. The second-order valence-corrected chi connectivity index (χ2v) is 6.75. The summed E-state index contributed by atoms with van der Waals surface area (Å²) in [6.45, 7) is 0.142. The molecule has 0 aromatic heterocycles. The van der Waals surface area contributed by atoms with Gasteiger partial charge in [0.25, 0.3) is 0 Å². The summed E-state index contributed by atoms with van der Waals surface area (Å²) < 4.78 is 45.7. The molecular formula is C16H15FO5S. The first-order chi connectivity index (χ1) is 10.9. The van der Waals surface area contributed by atoms with Gasteiger partial charge in [-0.2, -0.15) is 0 Å². The Labute approximate surface area is 133 Å². The van der Waals surface area contributed by atoms with Crippen molar-refractivity contribution in [1.82, 2.24) is 0 Å². The van der Waals surface area contributed by atoms with Crippen LogP contribution < -0.4 is 4.74 Å². The SMILES string of the molecule is CS(=O)(=O)c1ccc(C(=O)OCCOc2ccc(F)cc2)cc1. The van der Waals surface area contributed by atoms with Crippen molar-refractivity contribution >= 4 is 15.8 Å². The van der Waals surface area contributed by atoms with Crippen LogP contribution in [0.25, 0.3) is 0 Å². The quantitative estimate of drug-likeness (QED) is 0.598. The average molecular weight is 338 g/mol.